The van der Waals surface area contributed by atoms with E-state index in [1.807, 2.05) is 12.2 Å². The third-order valence-corrected chi connectivity index (χ3v) is 2.52. The number of hydrogen-bond donors (Lipinski definition) is 0. The summed E-state index contributed by atoms with van der Waals surface area (Å²) in [5, 5.41) is 0. The molecule has 0 radical (unpaired) electrons. The lowest BCUT2D eigenvalue weighted by molar-refractivity contribution is 0.0799. The average Bonchev–Trinajstić information content (AvgIpc) is 2.69. The molecule has 3 heteroatoms. The summed E-state index contributed by atoms with van der Waals surface area (Å²) in [6, 6.07) is 4.26. The lowest BCUT2D eigenvalue weighted by Crippen LogP contribution is -2.28. The first-order valence-electron chi connectivity index (χ1n) is 4.89. The maximum Gasteiger partial charge on any atom is 0.254 e. The lowest BCUT2D eigenvalue weighted by atomic mass is 10.1. The van der Waals surface area contributed by atoms with E-state index in [1.54, 1.807) is 17.9 Å². The van der Waals surface area contributed by atoms with E-state index in [9.17, 15) is 9.18 Å². The third kappa shape index (κ3) is 1.91. The molecule has 1 aliphatic rings. The van der Waals surface area contributed by atoms with Gasteiger partial charge in [-0.1, -0.05) is 12.2 Å². The van der Waals surface area contributed by atoms with Crippen LogP contribution >= 0.6 is 0 Å². The number of nitrogens with zero attached hydrogens (tertiary/aromatic N) is 1. The van der Waals surface area contributed by atoms with Gasteiger partial charge in [0.25, 0.3) is 5.91 Å². The standard InChI is InChI=1S/C12H12FNO/c1-9-8-10(13)4-5-11(9)12(15)14-6-2-3-7-14/h2-5,8H,6-7H2,1H3. The molecule has 1 aliphatic heterocycles. The Kier molecular flexibility index (Phi) is 2.54. The lowest BCUT2D eigenvalue weighted by Gasteiger charge is -2.16. The second-order valence-electron chi connectivity index (χ2n) is 3.64. The molecule has 1 aromatic carbocycles. The van der Waals surface area contributed by atoms with Crippen molar-refractivity contribution in [1.29, 1.82) is 0 Å². The van der Waals surface area contributed by atoms with Gasteiger partial charge >= 0.3 is 0 Å². The van der Waals surface area contributed by atoms with Gasteiger partial charge in [0, 0.05) is 18.7 Å². The molecule has 1 heterocycles. The topological polar surface area (TPSA) is 20.3 Å². The first-order chi connectivity index (χ1) is 7.18. The van der Waals surface area contributed by atoms with Gasteiger partial charge in [0.15, 0.2) is 0 Å². The zero-order valence-corrected chi connectivity index (χ0v) is 8.53. The fourth-order valence-electron chi connectivity index (χ4n) is 1.68. The van der Waals surface area contributed by atoms with E-state index in [0.717, 1.165) is 0 Å². The van der Waals surface area contributed by atoms with Crippen molar-refractivity contribution in [1.82, 2.24) is 4.90 Å². The van der Waals surface area contributed by atoms with E-state index < -0.39 is 0 Å². The summed E-state index contributed by atoms with van der Waals surface area (Å²) in [5.41, 5.74) is 1.27. The SMILES string of the molecule is Cc1cc(F)ccc1C(=O)N1CC=CC1. The van der Waals surface area contributed by atoms with Crippen LogP contribution in [0.1, 0.15) is 15.9 Å². The number of halogens is 1. The van der Waals surface area contributed by atoms with Crippen LogP contribution in [-0.2, 0) is 0 Å². The monoisotopic (exact) mass is 205 g/mol. The molecular formula is C12H12FNO. The van der Waals surface area contributed by atoms with Gasteiger partial charge in [-0.2, -0.15) is 0 Å². The summed E-state index contributed by atoms with van der Waals surface area (Å²) >= 11 is 0. The summed E-state index contributed by atoms with van der Waals surface area (Å²) in [5.74, 6) is -0.332. The zero-order chi connectivity index (χ0) is 10.8. The van der Waals surface area contributed by atoms with Crippen LogP contribution in [0.4, 0.5) is 4.39 Å². The van der Waals surface area contributed by atoms with E-state index in [4.69, 9.17) is 0 Å². The van der Waals surface area contributed by atoms with Crippen molar-refractivity contribution >= 4 is 5.91 Å². The van der Waals surface area contributed by atoms with Crippen molar-refractivity contribution in [3.05, 3.63) is 47.3 Å². The molecule has 0 saturated heterocycles. The minimum atomic E-state index is -0.302. The van der Waals surface area contributed by atoms with Crippen LogP contribution in [0.5, 0.6) is 0 Å². The van der Waals surface area contributed by atoms with Crippen LogP contribution < -0.4 is 0 Å². The van der Waals surface area contributed by atoms with Crippen LogP contribution in [0.3, 0.4) is 0 Å². The Hall–Kier alpha value is -1.64. The van der Waals surface area contributed by atoms with Gasteiger partial charge in [-0.05, 0) is 30.7 Å². The van der Waals surface area contributed by atoms with Crippen LogP contribution in [-0.4, -0.2) is 23.9 Å². The maximum absolute atomic E-state index is 12.9. The van der Waals surface area contributed by atoms with E-state index in [-0.39, 0.29) is 11.7 Å². The maximum atomic E-state index is 12.9. The van der Waals surface area contributed by atoms with Gasteiger partial charge in [0.1, 0.15) is 5.82 Å². The normalized spacial score (nSPS) is 14.7. The highest BCUT2D eigenvalue weighted by atomic mass is 19.1. The Labute approximate surface area is 88.0 Å². The number of aryl methyl sites for hydroxylation is 1. The smallest absolute Gasteiger partial charge is 0.254 e. The summed E-state index contributed by atoms with van der Waals surface area (Å²) in [7, 11) is 0. The molecule has 0 aromatic heterocycles. The number of rotatable bonds is 1. The summed E-state index contributed by atoms with van der Waals surface area (Å²) in [4.78, 5) is 13.7. The van der Waals surface area contributed by atoms with Crippen molar-refractivity contribution in [2.45, 2.75) is 6.92 Å². The number of amides is 1. The van der Waals surface area contributed by atoms with Gasteiger partial charge in [0.05, 0.1) is 0 Å². The largest absolute Gasteiger partial charge is 0.331 e. The van der Waals surface area contributed by atoms with Gasteiger partial charge < -0.3 is 4.90 Å². The Morgan fingerprint density at radius 1 is 1.33 bits per heavy atom. The van der Waals surface area contributed by atoms with Crippen molar-refractivity contribution in [3.63, 3.8) is 0 Å². The fraction of sp³-hybridized carbons (Fsp3) is 0.250. The molecule has 78 valence electrons. The van der Waals surface area contributed by atoms with Gasteiger partial charge in [-0.15, -0.1) is 0 Å². The van der Waals surface area contributed by atoms with E-state index in [0.29, 0.717) is 24.2 Å². The summed E-state index contributed by atoms with van der Waals surface area (Å²) in [6.45, 7) is 3.05. The molecular weight excluding hydrogens is 193 g/mol. The number of hydrogen-bond acceptors (Lipinski definition) is 1. The first kappa shape index (κ1) is 9.90. The Bertz CT molecular complexity index is 418. The molecule has 0 aliphatic carbocycles. The zero-order valence-electron chi connectivity index (χ0n) is 8.53. The molecule has 0 atom stereocenters. The molecule has 0 fully saturated rings. The van der Waals surface area contributed by atoms with Gasteiger partial charge in [-0.3, -0.25) is 4.79 Å². The third-order valence-electron chi connectivity index (χ3n) is 2.52. The van der Waals surface area contributed by atoms with Crippen LogP contribution in [0.15, 0.2) is 30.4 Å². The minimum Gasteiger partial charge on any atom is -0.331 e. The predicted octanol–water partition coefficient (Wildman–Crippen LogP) is 2.15. The highest BCUT2D eigenvalue weighted by Gasteiger charge is 2.17. The Morgan fingerprint density at radius 3 is 2.60 bits per heavy atom. The quantitative estimate of drug-likeness (QED) is 0.643. The van der Waals surface area contributed by atoms with Crippen LogP contribution in [0.2, 0.25) is 0 Å². The second-order valence-corrected chi connectivity index (χ2v) is 3.64. The molecule has 0 spiro atoms. The summed E-state index contributed by atoms with van der Waals surface area (Å²) < 4.78 is 12.9. The highest BCUT2D eigenvalue weighted by Crippen LogP contribution is 2.14. The van der Waals surface area contributed by atoms with Crippen molar-refractivity contribution in [2.75, 3.05) is 13.1 Å². The second kappa shape index (κ2) is 3.85. The van der Waals surface area contributed by atoms with Crippen LogP contribution in [0, 0.1) is 12.7 Å². The molecule has 1 amide bonds. The van der Waals surface area contributed by atoms with Gasteiger partial charge in [-0.25, -0.2) is 4.39 Å². The molecule has 0 saturated carbocycles. The molecule has 1 aromatic rings. The molecule has 2 rings (SSSR count). The predicted molar refractivity (Wildman–Crippen MR) is 56.2 cm³/mol. The van der Waals surface area contributed by atoms with E-state index in [2.05, 4.69) is 0 Å². The number of benzene rings is 1. The van der Waals surface area contributed by atoms with Crippen molar-refractivity contribution < 1.29 is 9.18 Å². The number of carbonyl (C=O) groups excluding carboxylic acids is 1. The Balaban J connectivity index is 2.25. The van der Waals surface area contributed by atoms with Gasteiger partial charge in [0.2, 0.25) is 0 Å². The molecule has 0 bridgehead atoms. The van der Waals surface area contributed by atoms with Crippen molar-refractivity contribution in [3.8, 4) is 0 Å². The summed E-state index contributed by atoms with van der Waals surface area (Å²) in [6.07, 6.45) is 3.91. The molecule has 0 N–H and O–H groups in total. The van der Waals surface area contributed by atoms with E-state index >= 15 is 0 Å². The van der Waals surface area contributed by atoms with Crippen LogP contribution in [0.25, 0.3) is 0 Å². The molecule has 0 unspecified atom stereocenters. The number of carbonyl (C=O) groups is 1. The van der Waals surface area contributed by atoms with Crippen molar-refractivity contribution in [2.24, 2.45) is 0 Å². The Morgan fingerprint density at radius 2 is 2.00 bits per heavy atom. The highest BCUT2D eigenvalue weighted by molar-refractivity contribution is 5.96. The average molecular weight is 205 g/mol. The fourth-order valence-corrected chi connectivity index (χ4v) is 1.68. The first-order valence-corrected chi connectivity index (χ1v) is 4.89. The minimum absolute atomic E-state index is 0.0301. The molecule has 2 nitrogen and oxygen atoms in total. The van der Waals surface area contributed by atoms with E-state index in [1.165, 1.54) is 12.1 Å². The molecule has 15 heavy (non-hydrogen) atoms.